The third-order valence-corrected chi connectivity index (χ3v) is 2.38. The maximum atomic E-state index is 11.5. The average molecular weight is 283 g/mol. The van der Waals surface area contributed by atoms with Crippen LogP contribution >= 0.6 is 11.6 Å². The number of halogens is 1. The number of aliphatic imine (C=N–C) groups is 1. The van der Waals surface area contributed by atoms with E-state index >= 15 is 0 Å². The number of carbonyl (C=O) groups excluding carboxylic acids is 1. The van der Waals surface area contributed by atoms with Crippen molar-refractivity contribution in [3.63, 3.8) is 0 Å². The lowest BCUT2D eigenvalue weighted by molar-refractivity contribution is -0.115. The minimum atomic E-state index is -0.604. The molecule has 0 spiro atoms. The minimum absolute atomic E-state index is 0.145. The van der Waals surface area contributed by atoms with Gasteiger partial charge in [0.2, 0.25) is 5.84 Å². The van der Waals surface area contributed by atoms with Gasteiger partial charge in [-0.2, -0.15) is 0 Å². The Bertz CT molecular complexity index is 476. The van der Waals surface area contributed by atoms with E-state index in [0.29, 0.717) is 23.8 Å². The van der Waals surface area contributed by atoms with E-state index in [4.69, 9.17) is 22.7 Å². The lowest BCUT2D eigenvalue weighted by Gasteiger charge is -2.04. The first-order chi connectivity index (χ1) is 9.15. The second kappa shape index (κ2) is 8.17. The van der Waals surface area contributed by atoms with Crippen molar-refractivity contribution in [2.45, 2.75) is 6.54 Å². The van der Waals surface area contributed by atoms with Crippen LogP contribution in [0.1, 0.15) is 5.69 Å². The first-order valence-corrected chi connectivity index (χ1v) is 5.95. The summed E-state index contributed by atoms with van der Waals surface area (Å²) in [5, 5.41) is 13.1. The third kappa shape index (κ3) is 5.45. The molecule has 1 rings (SSSR count). The van der Waals surface area contributed by atoms with E-state index in [-0.39, 0.29) is 6.54 Å². The average Bonchev–Trinajstić information content (AvgIpc) is 2.42. The van der Waals surface area contributed by atoms with E-state index in [2.05, 4.69) is 20.6 Å². The van der Waals surface area contributed by atoms with E-state index < -0.39 is 11.7 Å². The lowest BCUT2D eigenvalue weighted by atomic mass is 10.3. The number of pyridine rings is 1. The molecular weight excluding hydrogens is 268 g/mol. The molecule has 1 aromatic rings. The predicted octanol–water partition coefficient (Wildman–Crippen LogP) is -0.0949. The fourth-order valence-corrected chi connectivity index (χ4v) is 1.30. The molecule has 0 aliphatic rings. The van der Waals surface area contributed by atoms with Crippen LogP contribution in [0.5, 0.6) is 0 Å². The summed E-state index contributed by atoms with van der Waals surface area (Å²) in [7, 11) is 0. The Hall–Kier alpha value is -1.99. The summed E-state index contributed by atoms with van der Waals surface area (Å²) in [6, 6.07) is 3.37. The first kappa shape index (κ1) is 15.1. The molecule has 1 amide bonds. The van der Waals surface area contributed by atoms with Gasteiger partial charge in [-0.1, -0.05) is 11.6 Å². The molecule has 5 N–H and O–H groups in total. The molecule has 102 valence electrons. The fraction of sp³-hybridized carbons (Fsp3) is 0.273. The van der Waals surface area contributed by atoms with Gasteiger partial charge in [0.25, 0.3) is 5.91 Å². The Balaban J connectivity index is 2.41. The molecule has 0 aliphatic heterocycles. The summed E-state index contributed by atoms with van der Waals surface area (Å²) in [4.78, 5) is 19.2. The van der Waals surface area contributed by atoms with Gasteiger partial charge in [-0.15, -0.1) is 0 Å². The van der Waals surface area contributed by atoms with Crippen LogP contribution in [0.15, 0.2) is 23.3 Å². The number of nitrogens with one attached hydrogen (secondary N) is 3. The monoisotopic (exact) mass is 282 g/mol. The molecule has 0 radical (unpaired) electrons. The molecule has 1 heterocycles. The fourth-order valence-electron chi connectivity index (χ4n) is 1.11. The van der Waals surface area contributed by atoms with Gasteiger partial charge in [-0.25, -0.2) is 4.99 Å². The molecule has 0 aromatic carbocycles. The molecule has 0 saturated heterocycles. The SMILES string of the molecule is N=C(/N=C\NCCN)C(=O)NCc1ncccc1Cl. The van der Waals surface area contributed by atoms with Crippen molar-refractivity contribution in [2.24, 2.45) is 10.7 Å². The molecule has 0 aliphatic carbocycles. The van der Waals surface area contributed by atoms with Crippen LogP contribution in [0.2, 0.25) is 5.02 Å². The predicted molar refractivity (Wildman–Crippen MR) is 74.4 cm³/mol. The standard InChI is InChI=1S/C11H15ClN6O/c12-8-2-1-4-16-9(8)6-17-11(19)10(14)18-7-15-5-3-13/h1-2,4,7H,3,5-6,13H2,(H,17,19)(H2,14,15,18). The summed E-state index contributed by atoms with van der Waals surface area (Å²) in [5.41, 5.74) is 5.79. The number of nitrogens with two attached hydrogens (primary N) is 1. The van der Waals surface area contributed by atoms with Crippen molar-refractivity contribution in [3.8, 4) is 0 Å². The van der Waals surface area contributed by atoms with Gasteiger partial charge in [-0.05, 0) is 12.1 Å². The number of carbonyl (C=O) groups is 1. The number of hydrogen-bond acceptors (Lipinski definition) is 4. The Morgan fingerprint density at radius 3 is 3.11 bits per heavy atom. The van der Waals surface area contributed by atoms with Crippen molar-refractivity contribution in [3.05, 3.63) is 29.0 Å². The van der Waals surface area contributed by atoms with Crippen molar-refractivity contribution < 1.29 is 4.79 Å². The van der Waals surface area contributed by atoms with Crippen LogP contribution in [0.4, 0.5) is 0 Å². The molecule has 0 atom stereocenters. The van der Waals surface area contributed by atoms with E-state index in [1.807, 2.05) is 0 Å². The summed E-state index contributed by atoms with van der Waals surface area (Å²) >= 11 is 5.89. The molecule has 0 fully saturated rings. The highest BCUT2D eigenvalue weighted by Crippen LogP contribution is 2.11. The zero-order chi connectivity index (χ0) is 14.1. The summed E-state index contributed by atoms with van der Waals surface area (Å²) in [6.07, 6.45) is 2.84. The van der Waals surface area contributed by atoms with Crippen molar-refractivity contribution in [1.82, 2.24) is 15.6 Å². The van der Waals surface area contributed by atoms with Crippen LogP contribution in [-0.4, -0.2) is 36.2 Å². The van der Waals surface area contributed by atoms with Gasteiger partial charge >= 0.3 is 0 Å². The Labute approximate surface area is 115 Å². The molecule has 19 heavy (non-hydrogen) atoms. The topological polar surface area (TPSA) is 116 Å². The third-order valence-electron chi connectivity index (χ3n) is 2.04. The van der Waals surface area contributed by atoms with E-state index in [1.54, 1.807) is 18.3 Å². The van der Waals surface area contributed by atoms with E-state index in [1.165, 1.54) is 6.34 Å². The molecule has 0 saturated carbocycles. The van der Waals surface area contributed by atoms with Gasteiger partial charge in [0.05, 0.1) is 23.6 Å². The molecule has 0 bridgehead atoms. The molecular formula is C11H15ClN6O. The molecule has 1 aromatic heterocycles. The highest BCUT2D eigenvalue weighted by atomic mass is 35.5. The second-order valence-electron chi connectivity index (χ2n) is 3.46. The quantitative estimate of drug-likeness (QED) is 0.343. The molecule has 8 heteroatoms. The largest absolute Gasteiger partial charge is 0.375 e. The highest BCUT2D eigenvalue weighted by molar-refractivity contribution is 6.38. The number of amidine groups is 1. The number of aromatic nitrogens is 1. The highest BCUT2D eigenvalue weighted by Gasteiger charge is 2.08. The van der Waals surface area contributed by atoms with Gasteiger partial charge in [0.15, 0.2) is 0 Å². The van der Waals surface area contributed by atoms with Crippen LogP contribution in [0.25, 0.3) is 0 Å². The zero-order valence-corrected chi connectivity index (χ0v) is 10.9. The van der Waals surface area contributed by atoms with Crippen LogP contribution in [0.3, 0.4) is 0 Å². The van der Waals surface area contributed by atoms with Crippen LogP contribution in [-0.2, 0) is 11.3 Å². The summed E-state index contributed by atoms with van der Waals surface area (Å²) in [5.74, 6) is -1.01. The van der Waals surface area contributed by atoms with E-state index in [0.717, 1.165) is 0 Å². The van der Waals surface area contributed by atoms with Gasteiger partial charge in [0, 0.05) is 19.3 Å². The maximum absolute atomic E-state index is 11.5. The number of amides is 1. The van der Waals surface area contributed by atoms with Crippen LogP contribution in [0, 0.1) is 5.41 Å². The summed E-state index contributed by atoms with van der Waals surface area (Å²) < 4.78 is 0. The Morgan fingerprint density at radius 2 is 2.42 bits per heavy atom. The Kier molecular flexibility index (Phi) is 6.48. The molecule has 0 unspecified atom stereocenters. The van der Waals surface area contributed by atoms with E-state index in [9.17, 15) is 4.79 Å². The normalized spacial score (nSPS) is 10.4. The number of nitrogens with zero attached hydrogens (tertiary/aromatic N) is 2. The zero-order valence-electron chi connectivity index (χ0n) is 10.2. The summed E-state index contributed by atoms with van der Waals surface area (Å²) in [6.45, 7) is 1.12. The Morgan fingerprint density at radius 1 is 1.63 bits per heavy atom. The number of hydrogen-bond donors (Lipinski definition) is 4. The second-order valence-corrected chi connectivity index (χ2v) is 3.87. The van der Waals surface area contributed by atoms with Crippen molar-refractivity contribution >= 4 is 29.7 Å². The molecule has 7 nitrogen and oxygen atoms in total. The van der Waals surface area contributed by atoms with Gasteiger partial charge in [0.1, 0.15) is 0 Å². The smallest absolute Gasteiger partial charge is 0.288 e. The minimum Gasteiger partial charge on any atom is -0.375 e. The van der Waals surface area contributed by atoms with Crippen LogP contribution < -0.4 is 16.4 Å². The maximum Gasteiger partial charge on any atom is 0.288 e. The van der Waals surface area contributed by atoms with Gasteiger partial charge < -0.3 is 16.4 Å². The number of rotatable bonds is 5. The van der Waals surface area contributed by atoms with Gasteiger partial charge in [-0.3, -0.25) is 15.2 Å². The van der Waals surface area contributed by atoms with Crippen molar-refractivity contribution in [1.29, 1.82) is 5.41 Å². The lowest BCUT2D eigenvalue weighted by Crippen LogP contribution is -2.30. The van der Waals surface area contributed by atoms with Crippen molar-refractivity contribution in [2.75, 3.05) is 13.1 Å². The first-order valence-electron chi connectivity index (χ1n) is 5.57.